The van der Waals surface area contributed by atoms with Crippen LogP contribution in [-0.4, -0.2) is 32.7 Å². The van der Waals surface area contributed by atoms with E-state index in [0.29, 0.717) is 0 Å². The summed E-state index contributed by atoms with van der Waals surface area (Å²) in [6.07, 6.45) is -5.02. The van der Waals surface area contributed by atoms with Gasteiger partial charge in [0.2, 0.25) is 0 Å². The van der Waals surface area contributed by atoms with Crippen molar-refractivity contribution in [2.24, 2.45) is 0 Å². The molecule has 0 unspecified atom stereocenters. The second kappa shape index (κ2) is 5.58. The second-order valence-electron chi connectivity index (χ2n) is 4.17. The Morgan fingerprint density at radius 1 is 1.10 bits per heavy atom. The quantitative estimate of drug-likeness (QED) is 0.857. The van der Waals surface area contributed by atoms with Crippen molar-refractivity contribution in [2.45, 2.75) is 23.5 Å². The molecule has 0 aliphatic heterocycles. The van der Waals surface area contributed by atoms with E-state index in [0.717, 1.165) is 18.4 Å². The highest BCUT2D eigenvalue weighted by Crippen LogP contribution is 2.35. The molecule has 1 amide bonds. The molecule has 1 N–H and O–H groups in total. The molecule has 1 rings (SSSR count). The number of carbonyl (C=O) groups excluding carboxylic acids is 1. The minimum Gasteiger partial charge on any atom is -0.346 e. The van der Waals surface area contributed by atoms with Crippen molar-refractivity contribution in [3.63, 3.8) is 0 Å². The molecule has 0 aliphatic rings. The lowest BCUT2D eigenvalue weighted by molar-refractivity contribution is -0.269. The molecule has 0 saturated heterocycles. The molecule has 0 spiro atoms. The third-order valence-electron chi connectivity index (χ3n) is 2.45. The van der Waals surface area contributed by atoms with Gasteiger partial charge in [0.1, 0.15) is 0 Å². The monoisotopic (exact) mass is 331 g/mol. The number of sulfone groups is 1. The molecule has 10 heteroatoms. The van der Waals surface area contributed by atoms with E-state index in [1.54, 1.807) is 0 Å². The van der Waals surface area contributed by atoms with Gasteiger partial charge in [-0.15, -0.1) is 0 Å². The lowest BCUT2D eigenvalue weighted by atomic mass is 10.2. The van der Waals surface area contributed by atoms with Gasteiger partial charge in [0, 0.05) is 12.8 Å². The number of alkyl halides is 5. The molecule has 0 heterocycles. The smallest absolute Gasteiger partial charge is 0.346 e. The average Bonchev–Trinajstić information content (AvgIpc) is 2.33. The van der Waals surface area contributed by atoms with Gasteiger partial charge in [0.05, 0.1) is 4.90 Å². The Balaban J connectivity index is 2.75. The van der Waals surface area contributed by atoms with Gasteiger partial charge >= 0.3 is 18.0 Å². The third-order valence-corrected chi connectivity index (χ3v) is 3.57. The molecule has 0 aliphatic carbocycles. The first-order valence-corrected chi connectivity index (χ1v) is 7.26. The summed E-state index contributed by atoms with van der Waals surface area (Å²) in [5, 5.41) is 1.45. The lowest BCUT2D eigenvalue weighted by Crippen LogP contribution is -2.50. The topological polar surface area (TPSA) is 63.2 Å². The van der Waals surface area contributed by atoms with Gasteiger partial charge in [-0.3, -0.25) is 4.79 Å². The summed E-state index contributed by atoms with van der Waals surface area (Å²) >= 11 is 0. The molecular weight excluding hydrogens is 321 g/mol. The van der Waals surface area contributed by atoms with Gasteiger partial charge in [-0.25, -0.2) is 8.42 Å². The molecule has 0 atom stereocenters. The molecule has 0 saturated carbocycles. The van der Waals surface area contributed by atoms with E-state index in [1.807, 2.05) is 0 Å². The maximum Gasteiger partial charge on any atom is 0.463 e. The van der Waals surface area contributed by atoms with Crippen LogP contribution in [0.15, 0.2) is 29.2 Å². The minimum absolute atomic E-state index is 0.0433. The number of halogens is 5. The normalized spacial score (nSPS) is 13.0. The summed E-state index contributed by atoms with van der Waals surface area (Å²) in [5.74, 6) is -7.96. The van der Waals surface area contributed by atoms with Crippen molar-refractivity contribution >= 4 is 15.7 Å². The SMILES string of the molecule is CS(=O)(=O)c1ccc(CNC(=O)C(F)(F)C(F)(F)F)cc1. The first kappa shape index (κ1) is 17.3. The molecule has 21 heavy (non-hydrogen) atoms. The van der Waals surface area contributed by atoms with Crippen LogP contribution in [0.1, 0.15) is 5.56 Å². The van der Waals surface area contributed by atoms with Crippen LogP contribution in [0, 0.1) is 0 Å². The van der Waals surface area contributed by atoms with Crippen molar-refractivity contribution in [2.75, 3.05) is 6.26 Å². The number of carbonyl (C=O) groups is 1. The number of hydrogen-bond donors (Lipinski definition) is 1. The van der Waals surface area contributed by atoms with Gasteiger partial charge in [-0.1, -0.05) is 12.1 Å². The fraction of sp³-hybridized carbons (Fsp3) is 0.364. The van der Waals surface area contributed by atoms with E-state index >= 15 is 0 Å². The van der Waals surface area contributed by atoms with Crippen LogP contribution < -0.4 is 5.32 Å². The van der Waals surface area contributed by atoms with E-state index in [2.05, 4.69) is 0 Å². The molecule has 4 nitrogen and oxygen atoms in total. The average molecular weight is 331 g/mol. The Morgan fingerprint density at radius 2 is 1.57 bits per heavy atom. The van der Waals surface area contributed by atoms with Crippen molar-refractivity contribution < 1.29 is 35.2 Å². The number of amides is 1. The lowest BCUT2D eigenvalue weighted by Gasteiger charge is -2.18. The predicted octanol–water partition coefficient (Wildman–Crippen LogP) is 1.90. The molecule has 1 aromatic carbocycles. The van der Waals surface area contributed by atoms with E-state index in [1.165, 1.54) is 17.4 Å². The summed E-state index contributed by atoms with van der Waals surface area (Å²) in [6.45, 7) is -0.589. The molecular formula is C11H10F5NO3S. The summed E-state index contributed by atoms with van der Waals surface area (Å²) in [4.78, 5) is 10.8. The zero-order valence-corrected chi connectivity index (χ0v) is 11.4. The molecule has 0 radical (unpaired) electrons. The van der Waals surface area contributed by atoms with Gasteiger partial charge in [-0.05, 0) is 17.7 Å². The van der Waals surface area contributed by atoms with E-state index in [4.69, 9.17) is 0 Å². The summed E-state index contributed by atoms with van der Waals surface area (Å²) in [6, 6.07) is 4.70. The number of rotatable bonds is 4. The van der Waals surface area contributed by atoms with E-state index in [9.17, 15) is 35.2 Å². The van der Waals surface area contributed by atoms with Crippen LogP contribution in [0.3, 0.4) is 0 Å². The van der Waals surface area contributed by atoms with Gasteiger partial charge in [0.25, 0.3) is 0 Å². The highest BCUT2D eigenvalue weighted by Gasteiger charge is 2.63. The van der Waals surface area contributed by atoms with Crippen LogP contribution in [-0.2, 0) is 21.2 Å². The zero-order chi connectivity index (χ0) is 16.5. The van der Waals surface area contributed by atoms with Gasteiger partial charge in [0.15, 0.2) is 9.84 Å². The largest absolute Gasteiger partial charge is 0.463 e. The maximum atomic E-state index is 12.6. The van der Waals surface area contributed by atoms with Gasteiger partial charge in [-0.2, -0.15) is 22.0 Å². The number of hydrogen-bond acceptors (Lipinski definition) is 3. The maximum absolute atomic E-state index is 12.6. The van der Waals surface area contributed by atoms with Crippen LogP contribution in [0.4, 0.5) is 22.0 Å². The van der Waals surface area contributed by atoms with E-state index < -0.39 is 34.4 Å². The van der Waals surface area contributed by atoms with Crippen LogP contribution in [0.25, 0.3) is 0 Å². The summed E-state index contributed by atoms with van der Waals surface area (Å²) < 4.78 is 83.3. The Labute approximate surface area is 116 Å². The van der Waals surface area contributed by atoms with Gasteiger partial charge < -0.3 is 5.32 Å². The number of nitrogens with one attached hydrogen (secondary N) is 1. The van der Waals surface area contributed by atoms with E-state index in [-0.39, 0.29) is 10.5 Å². The van der Waals surface area contributed by atoms with Crippen molar-refractivity contribution in [1.82, 2.24) is 5.32 Å². The van der Waals surface area contributed by atoms with Crippen LogP contribution >= 0.6 is 0 Å². The third kappa shape index (κ3) is 4.13. The van der Waals surface area contributed by atoms with Crippen molar-refractivity contribution in [3.05, 3.63) is 29.8 Å². The molecule has 0 fully saturated rings. The Kier molecular flexibility index (Phi) is 4.61. The Hall–Kier alpha value is -1.71. The van der Waals surface area contributed by atoms with Crippen molar-refractivity contribution in [3.8, 4) is 0 Å². The van der Waals surface area contributed by atoms with Crippen molar-refractivity contribution in [1.29, 1.82) is 0 Å². The fourth-order valence-corrected chi connectivity index (χ4v) is 1.91. The molecule has 0 bridgehead atoms. The predicted molar refractivity (Wildman–Crippen MR) is 62.4 cm³/mol. The first-order chi connectivity index (χ1) is 9.35. The molecule has 0 aromatic heterocycles. The highest BCUT2D eigenvalue weighted by molar-refractivity contribution is 7.90. The fourth-order valence-electron chi connectivity index (χ4n) is 1.28. The minimum atomic E-state index is -5.97. The molecule has 1 aromatic rings. The standard InChI is InChI=1S/C11H10F5NO3S/c1-21(19,20)8-4-2-7(3-5-8)6-17-9(18)10(12,13)11(14,15)16/h2-5H,6H2,1H3,(H,17,18). The Bertz CT molecular complexity index is 622. The number of benzene rings is 1. The first-order valence-electron chi connectivity index (χ1n) is 5.37. The van der Waals surface area contributed by atoms with Crippen LogP contribution in [0.5, 0.6) is 0 Å². The highest BCUT2D eigenvalue weighted by atomic mass is 32.2. The summed E-state index contributed by atoms with van der Waals surface area (Å²) in [7, 11) is -3.45. The summed E-state index contributed by atoms with van der Waals surface area (Å²) in [5.41, 5.74) is 0.175. The second-order valence-corrected chi connectivity index (χ2v) is 6.19. The van der Waals surface area contributed by atoms with Crippen LogP contribution in [0.2, 0.25) is 0 Å². The zero-order valence-electron chi connectivity index (χ0n) is 10.5. The Morgan fingerprint density at radius 3 is 1.95 bits per heavy atom. The molecule has 118 valence electrons.